The second-order valence-electron chi connectivity index (χ2n) is 6.94. The third kappa shape index (κ3) is 4.82. The first-order valence-electron chi connectivity index (χ1n) is 8.78. The number of rotatable bonds is 5. The second kappa shape index (κ2) is 8.48. The summed E-state index contributed by atoms with van der Waals surface area (Å²) in [6, 6.07) is 5.62. The van der Waals surface area contributed by atoms with Gasteiger partial charge in [-0.25, -0.2) is 8.42 Å². The molecule has 1 heterocycles. The molecule has 8 heteroatoms. The summed E-state index contributed by atoms with van der Waals surface area (Å²) in [5.41, 5.74) is 1.01. The summed E-state index contributed by atoms with van der Waals surface area (Å²) >= 11 is 6.28. The zero-order valence-electron chi connectivity index (χ0n) is 15.9. The highest BCUT2D eigenvalue weighted by atomic mass is 35.5. The minimum atomic E-state index is -3.07. The van der Waals surface area contributed by atoms with E-state index in [1.54, 1.807) is 27.0 Å². The van der Waals surface area contributed by atoms with Crippen LogP contribution in [0.4, 0.5) is 0 Å². The quantitative estimate of drug-likeness (QED) is 0.605. The highest BCUT2D eigenvalue weighted by molar-refractivity contribution is 7.92. The molecule has 1 N–H and O–H groups in total. The monoisotopic (exact) mass is 401 g/mol. The molecule has 0 bridgehead atoms. The Bertz CT molecular complexity index is 763. The predicted molar refractivity (Wildman–Crippen MR) is 107 cm³/mol. The molecule has 0 aromatic heterocycles. The molecular weight excluding hydrogens is 374 g/mol. The molecule has 1 aromatic rings. The number of methoxy groups -OCH3 is 1. The number of sulfone groups is 1. The molecule has 146 valence electrons. The summed E-state index contributed by atoms with van der Waals surface area (Å²) in [6.45, 7) is 7.74. The molecule has 1 fully saturated rings. The fraction of sp³-hybridized carbons (Fsp3) is 0.611. The van der Waals surface area contributed by atoms with Gasteiger partial charge in [-0.15, -0.1) is 0 Å². The van der Waals surface area contributed by atoms with Gasteiger partial charge < -0.3 is 15.0 Å². The largest absolute Gasteiger partial charge is 0.497 e. The van der Waals surface area contributed by atoms with Gasteiger partial charge in [-0.3, -0.25) is 4.99 Å². The van der Waals surface area contributed by atoms with Crippen LogP contribution < -0.4 is 10.1 Å². The predicted octanol–water partition coefficient (Wildman–Crippen LogP) is 2.37. The van der Waals surface area contributed by atoms with E-state index in [1.165, 1.54) is 0 Å². The molecule has 0 spiro atoms. The Morgan fingerprint density at radius 2 is 2.15 bits per heavy atom. The van der Waals surface area contributed by atoms with Crippen LogP contribution in [0.2, 0.25) is 5.02 Å². The molecule has 2 rings (SSSR count). The fourth-order valence-corrected chi connectivity index (χ4v) is 4.52. The molecule has 1 aliphatic rings. The Hall–Kier alpha value is -1.47. The van der Waals surface area contributed by atoms with E-state index < -0.39 is 14.6 Å². The molecule has 0 saturated carbocycles. The van der Waals surface area contributed by atoms with Crippen LogP contribution in [0.3, 0.4) is 0 Å². The summed E-state index contributed by atoms with van der Waals surface area (Å²) in [6.07, 6.45) is 0.702. The van der Waals surface area contributed by atoms with Gasteiger partial charge in [0.1, 0.15) is 5.75 Å². The Kier molecular flexibility index (Phi) is 6.80. The minimum absolute atomic E-state index is 0.148. The molecule has 0 radical (unpaired) electrons. The summed E-state index contributed by atoms with van der Waals surface area (Å²) in [4.78, 5) is 6.70. The van der Waals surface area contributed by atoms with Crippen LogP contribution in [0, 0.1) is 0 Å². The van der Waals surface area contributed by atoms with E-state index >= 15 is 0 Å². The first-order valence-corrected chi connectivity index (χ1v) is 10.8. The molecule has 0 unspecified atom stereocenters. The molecular formula is C18H28ClN3O3S. The maximum atomic E-state index is 12.2. The van der Waals surface area contributed by atoms with E-state index in [0.717, 1.165) is 23.8 Å². The zero-order chi connectivity index (χ0) is 19.4. The standard InChI is InChI=1S/C18H28ClN3O3S/c1-5-20-17(22-10-11-26(23,24)18(2,3)13-22)21-9-8-14-6-7-15(25-4)12-16(14)19/h6-7,12H,5,8-11,13H2,1-4H3,(H,20,21). The maximum absolute atomic E-state index is 12.2. The topological polar surface area (TPSA) is 71.0 Å². The molecule has 1 saturated heterocycles. The number of guanidine groups is 1. The van der Waals surface area contributed by atoms with Gasteiger partial charge in [0.15, 0.2) is 15.8 Å². The molecule has 1 aromatic carbocycles. The van der Waals surface area contributed by atoms with Crippen LogP contribution in [0.5, 0.6) is 5.75 Å². The lowest BCUT2D eigenvalue weighted by molar-refractivity contribution is 0.353. The zero-order valence-corrected chi connectivity index (χ0v) is 17.5. The van der Waals surface area contributed by atoms with Crippen LogP contribution in [-0.4, -0.2) is 63.1 Å². The van der Waals surface area contributed by atoms with Gasteiger partial charge in [0.25, 0.3) is 0 Å². The van der Waals surface area contributed by atoms with Crippen molar-refractivity contribution in [3.05, 3.63) is 28.8 Å². The SMILES string of the molecule is CCNC(=NCCc1ccc(OC)cc1Cl)N1CCS(=O)(=O)C(C)(C)C1. The number of hydrogen-bond donors (Lipinski definition) is 1. The average Bonchev–Trinajstić information content (AvgIpc) is 2.58. The lowest BCUT2D eigenvalue weighted by Gasteiger charge is -2.39. The summed E-state index contributed by atoms with van der Waals surface area (Å²) in [5, 5.41) is 3.93. The van der Waals surface area contributed by atoms with Crippen molar-refractivity contribution in [2.45, 2.75) is 31.9 Å². The first-order chi connectivity index (χ1) is 12.2. The highest BCUT2D eigenvalue weighted by Gasteiger charge is 2.40. The van der Waals surface area contributed by atoms with Crippen molar-refractivity contribution in [2.75, 3.05) is 39.0 Å². The third-order valence-electron chi connectivity index (χ3n) is 4.58. The van der Waals surface area contributed by atoms with Crippen LogP contribution in [0.15, 0.2) is 23.2 Å². The van der Waals surface area contributed by atoms with E-state index in [9.17, 15) is 8.42 Å². The Morgan fingerprint density at radius 3 is 2.73 bits per heavy atom. The van der Waals surface area contributed by atoms with E-state index in [1.807, 2.05) is 24.0 Å². The van der Waals surface area contributed by atoms with E-state index in [0.29, 0.717) is 31.1 Å². The number of nitrogens with zero attached hydrogens (tertiary/aromatic N) is 2. The van der Waals surface area contributed by atoms with Crippen molar-refractivity contribution in [2.24, 2.45) is 4.99 Å². The Balaban J connectivity index is 2.07. The smallest absolute Gasteiger partial charge is 0.194 e. The van der Waals surface area contributed by atoms with Crippen molar-refractivity contribution in [1.29, 1.82) is 0 Å². The molecule has 26 heavy (non-hydrogen) atoms. The van der Waals surface area contributed by atoms with Gasteiger partial charge in [-0.1, -0.05) is 17.7 Å². The number of ether oxygens (including phenoxy) is 1. The van der Waals surface area contributed by atoms with Crippen molar-refractivity contribution in [1.82, 2.24) is 10.2 Å². The van der Waals surface area contributed by atoms with Crippen molar-refractivity contribution < 1.29 is 13.2 Å². The van der Waals surface area contributed by atoms with Gasteiger partial charge in [0.2, 0.25) is 0 Å². The summed E-state index contributed by atoms with van der Waals surface area (Å²) < 4.78 is 28.8. The van der Waals surface area contributed by atoms with Crippen LogP contribution >= 0.6 is 11.6 Å². The minimum Gasteiger partial charge on any atom is -0.497 e. The number of benzene rings is 1. The lowest BCUT2D eigenvalue weighted by Crippen LogP contribution is -2.57. The van der Waals surface area contributed by atoms with Crippen LogP contribution in [0.25, 0.3) is 0 Å². The third-order valence-corrected chi connectivity index (χ3v) is 7.47. The molecule has 6 nitrogen and oxygen atoms in total. The number of halogens is 1. The van der Waals surface area contributed by atoms with Crippen molar-refractivity contribution in [3.63, 3.8) is 0 Å². The lowest BCUT2D eigenvalue weighted by atomic mass is 10.1. The van der Waals surface area contributed by atoms with Gasteiger partial charge in [-0.2, -0.15) is 0 Å². The summed E-state index contributed by atoms with van der Waals surface area (Å²) in [5.74, 6) is 1.63. The van der Waals surface area contributed by atoms with Gasteiger partial charge in [0, 0.05) is 31.2 Å². The van der Waals surface area contributed by atoms with Crippen LogP contribution in [-0.2, 0) is 16.3 Å². The molecule has 0 amide bonds. The maximum Gasteiger partial charge on any atom is 0.194 e. The normalized spacial score (nSPS) is 19.3. The first kappa shape index (κ1) is 20.8. The van der Waals surface area contributed by atoms with Gasteiger partial charge in [-0.05, 0) is 44.9 Å². The number of aliphatic imine (C=N–C) groups is 1. The van der Waals surface area contributed by atoms with Crippen molar-refractivity contribution >= 4 is 27.4 Å². The van der Waals surface area contributed by atoms with E-state index in [4.69, 9.17) is 16.3 Å². The van der Waals surface area contributed by atoms with Gasteiger partial charge >= 0.3 is 0 Å². The molecule has 0 aliphatic carbocycles. The van der Waals surface area contributed by atoms with E-state index in [2.05, 4.69) is 10.3 Å². The fourth-order valence-electron chi connectivity index (χ4n) is 2.89. The van der Waals surface area contributed by atoms with E-state index in [-0.39, 0.29) is 5.75 Å². The molecule has 1 aliphatic heterocycles. The second-order valence-corrected chi connectivity index (χ2v) is 10.1. The number of hydrogen-bond acceptors (Lipinski definition) is 4. The average molecular weight is 402 g/mol. The van der Waals surface area contributed by atoms with Crippen molar-refractivity contribution in [3.8, 4) is 5.75 Å². The highest BCUT2D eigenvalue weighted by Crippen LogP contribution is 2.24. The Morgan fingerprint density at radius 1 is 1.42 bits per heavy atom. The molecule has 0 atom stereocenters. The number of nitrogens with one attached hydrogen (secondary N) is 1. The van der Waals surface area contributed by atoms with Crippen LogP contribution in [0.1, 0.15) is 26.3 Å². The summed E-state index contributed by atoms with van der Waals surface area (Å²) in [7, 11) is -1.46. The Labute approximate surface area is 161 Å². The van der Waals surface area contributed by atoms with Gasteiger partial charge in [0.05, 0.1) is 17.6 Å².